The summed E-state index contributed by atoms with van der Waals surface area (Å²) in [4.78, 5) is 14.9. The molecular formula is C24H32N4O. The summed E-state index contributed by atoms with van der Waals surface area (Å²) < 4.78 is 0. The third kappa shape index (κ3) is 5.14. The number of carbonyl (C=O) groups excluding carboxylic acids is 1. The first-order chi connectivity index (χ1) is 14.2. The fourth-order valence-electron chi connectivity index (χ4n) is 4.57. The zero-order valence-corrected chi connectivity index (χ0v) is 17.4. The molecule has 2 aliphatic rings. The maximum atomic E-state index is 12.7. The highest BCUT2D eigenvalue weighted by atomic mass is 16.1. The van der Waals surface area contributed by atoms with Gasteiger partial charge in [-0.25, -0.2) is 0 Å². The first-order valence-corrected chi connectivity index (χ1v) is 11.1. The van der Waals surface area contributed by atoms with Gasteiger partial charge >= 0.3 is 0 Å². The Morgan fingerprint density at radius 3 is 2.38 bits per heavy atom. The van der Waals surface area contributed by atoms with Crippen LogP contribution in [-0.2, 0) is 4.79 Å². The predicted octanol–water partition coefficient (Wildman–Crippen LogP) is 4.51. The summed E-state index contributed by atoms with van der Waals surface area (Å²) in [7, 11) is 0. The van der Waals surface area contributed by atoms with Crippen LogP contribution in [0.3, 0.4) is 0 Å². The van der Waals surface area contributed by atoms with Crippen LogP contribution in [0.15, 0.2) is 36.4 Å². The predicted molar refractivity (Wildman–Crippen MR) is 117 cm³/mol. The van der Waals surface area contributed by atoms with E-state index in [2.05, 4.69) is 51.6 Å². The van der Waals surface area contributed by atoms with Gasteiger partial charge in [-0.1, -0.05) is 49.4 Å². The Labute approximate surface area is 173 Å². The molecular weight excluding hydrogens is 360 g/mol. The fraction of sp³-hybridized carbons (Fsp3) is 0.542. The smallest absolute Gasteiger partial charge is 0.223 e. The van der Waals surface area contributed by atoms with E-state index < -0.39 is 0 Å². The number of anilines is 1. The molecule has 2 heterocycles. The van der Waals surface area contributed by atoms with Gasteiger partial charge in [-0.15, -0.1) is 10.2 Å². The van der Waals surface area contributed by atoms with Crippen molar-refractivity contribution < 1.29 is 4.79 Å². The SMILES string of the molecule is Cc1cccc(-c2ccc(N3CCC(C(=O)NC4CCCCCC4)CC3)nn2)c1. The van der Waals surface area contributed by atoms with Gasteiger partial charge in [0.2, 0.25) is 5.91 Å². The second-order valence-electron chi connectivity index (χ2n) is 8.60. The number of hydrogen-bond acceptors (Lipinski definition) is 4. The summed E-state index contributed by atoms with van der Waals surface area (Å²) in [5, 5.41) is 12.2. The molecule has 1 amide bonds. The van der Waals surface area contributed by atoms with E-state index in [1.807, 2.05) is 12.1 Å². The van der Waals surface area contributed by atoms with Crippen LogP contribution in [0.4, 0.5) is 5.82 Å². The van der Waals surface area contributed by atoms with Crippen molar-refractivity contribution >= 4 is 11.7 Å². The molecule has 5 nitrogen and oxygen atoms in total. The van der Waals surface area contributed by atoms with Gasteiger partial charge in [0, 0.05) is 30.6 Å². The zero-order chi connectivity index (χ0) is 20.1. The maximum Gasteiger partial charge on any atom is 0.223 e. The Morgan fingerprint density at radius 2 is 1.72 bits per heavy atom. The third-order valence-electron chi connectivity index (χ3n) is 6.36. The second kappa shape index (κ2) is 9.38. The summed E-state index contributed by atoms with van der Waals surface area (Å²) in [6.07, 6.45) is 9.20. The van der Waals surface area contributed by atoms with Gasteiger partial charge in [0.15, 0.2) is 5.82 Å². The molecule has 0 radical (unpaired) electrons. The average Bonchev–Trinajstić information content (AvgIpc) is 3.03. The number of rotatable bonds is 4. The Hall–Kier alpha value is -2.43. The Balaban J connectivity index is 1.30. The van der Waals surface area contributed by atoms with Crippen molar-refractivity contribution in [2.24, 2.45) is 5.92 Å². The normalized spacial score (nSPS) is 19.0. The van der Waals surface area contributed by atoms with Gasteiger partial charge in [-0.2, -0.15) is 0 Å². The highest BCUT2D eigenvalue weighted by molar-refractivity contribution is 5.79. The number of hydrogen-bond donors (Lipinski definition) is 1. The minimum Gasteiger partial charge on any atom is -0.355 e. The quantitative estimate of drug-likeness (QED) is 0.778. The molecule has 5 heteroatoms. The molecule has 0 unspecified atom stereocenters. The molecule has 1 aromatic carbocycles. The minimum atomic E-state index is 0.133. The molecule has 1 aliphatic heterocycles. The van der Waals surface area contributed by atoms with Gasteiger partial charge in [-0.3, -0.25) is 4.79 Å². The topological polar surface area (TPSA) is 58.1 Å². The number of amides is 1. The molecule has 1 aliphatic carbocycles. The van der Waals surface area contributed by atoms with Gasteiger partial charge in [-0.05, 0) is 50.8 Å². The molecule has 0 spiro atoms. The monoisotopic (exact) mass is 392 g/mol. The van der Waals surface area contributed by atoms with Crippen LogP contribution < -0.4 is 10.2 Å². The van der Waals surface area contributed by atoms with Crippen molar-refractivity contribution in [1.82, 2.24) is 15.5 Å². The van der Waals surface area contributed by atoms with Crippen molar-refractivity contribution in [1.29, 1.82) is 0 Å². The Kier molecular flexibility index (Phi) is 6.43. The second-order valence-corrected chi connectivity index (χ2v) is 8.60. The van der Waals surface area contributed by atoms with E-state index in [9.17, 15) is 4.79 Å². The molecule has 0 bridgehead atoms. The summed E-state index contributed by atoms with van der Waals surface area (Å²) in [5.74, 6) is 1.30. The summed E-state index contributed by atoms with van der Waals surface area (Å²) >= 11 is 0. The molecule has 1 saturated carbocycles. The van der Waals surface area contributed by atoms with Crippen molar-refractivity contribution in [3.63, 3.8) is 0 Å². The van der Waals surface area contributed by atoms with Crippen LogP contribution in [0.5, 0.6) is 0 Å². The van der Waals surface area contributed by atoms with E-state index in [-0.39, 0.29) is 11.8 Å². The molecule has 1 N–H and O–H groups in total. The number of aryl methyl sites for hydroxylation is 1. The molecule has 29 heavy (non-hydrogen) atoms. The van der Waals surface area contributed by atoms with Gasteiger partial charge in [0.25, 0.3) is 0 Å². The largest absolute Gasteiger partial charge is 0.355 e. The lowest BCUT2D eigenvalue weighted by Crippen LogP contribution is -2.44. The first-order valence-electron chi connectivity index (χ1n) is 11.1. The number of nitrogens with zero attached hydrogens (tertiary/aromatic N) is 3. The van der Waals surface area contributed by atoms with E-state index in [0.29, 0.717) is 6.04 Å². The molecule has 1 aromatic heterocycles. The summed E-state index contributed by atoms with van der Waals surface area (Å²) in [6.45, 7) is 3.81. The van der Waals surface area contributed by atoms with Crippen LogP contribution in [0, 0.1) is 12.8 Å². The maximum absolute atomic E-state index is 12.7. The average molecular weight is 393 g/mol. The summed E-state index contributed by atoms with van der Waals surface area (Å²) in [5.41, 5.74) is 3.21. The van der Waals surface area contributed by atoms with Crippen LogP contribution >= 0.6 is 0 Å². The van der Waals surface area contributed by atoms with Gasteiger partial charge in [0.05, 0.1) is 5.69 Å². The molecule has 4 rings (SSSR count). The molecule has 154 valence electrons. The molecule has 2 aromatic rings. The summed E-state index contributed by atoms with van der Waals surface area (Å²) in [6, 6.07) is 12.8. The van der Waals surface area contributed by atoms with Crippen LogP contribution in [0.25, 0.3) is 11.3 Å². The lowest BCUT2D eigenvalue weighted by molar-refractivity contribution is -0.126. The Morgan fingerprint density at radius 1 is 0.966 bits per heavy atom. The molecule has 1 saturated heterocycles. The van der Waals surface area contributed by atoms with E-state index in [1.54, 1.807) is 0 Å². The van der Waals surface area contributed by atoms with Gasteiger partial charge in [0.1, 0.15) is 0 Å². The van der Waals surface area contributed by atoms with Crippen molar-refractivity contribution in [2.45, 2.75) is 64.3 Å². The lowest BCUT2D eigenvalue weighted by atomic mass is 9.95. The van der Waals surface area contributed by atoms with E-state index in [4.69, 9.17) is 0 Å². The third-order valence-corrected chi connectivity index (χ3v) is 6.36. The standard InChI is InChI=1S/C24H32N4O/c1-18-7-6-8-20(17-18)22-11-12-23(27-26-22)28-15-13-19(14-16-28)24(29)25-21-9-4-2-3-5-10-21/h6-8,11-12,17,19,21H,2-5,9-10,13-16H2,1H3,(H,25,29). The number of benzene rings is 1. The number of nitrogens with one attached hydrogen (secondary N) is 1. The number of piperidine rings is 1. The van der Waals surface area contributed by atoms with Crippen LogP contribution in [-0.4, -0.2) is 35.2 Å². The highest BCUT2D eigenvalue weighted by Gasteiger charge is 2.27. The van der Waals surface area contributed by atoms with Crippen molar-refractivity contribution in [2.75, 3.05) is 18.0 Å². The van der Waals surface area contributed by atoms with Crippen LogP contribution in [0.2, 0.25) is 0 Å². The zero-order valence-electron chi connectivity index (χ0n) is 17.4. The van der Waals surface area contributed by atoms with Gasteiger partial charge < -0.3 is 10.2 Å². The van der Waals surface area contributed by atoms with Crippen LogP contribution in [0.1, 0.15) is 56.9 Å². The first kappa shape index (κ1) is 19.9. The fourth-order valence-corrected chi connectivity index (χ4v) is 4.57. The van der Waals surface area contributed by atoms with E-state index >= 15 is 0 Å². The number of aromatic nitrogens is 2. The van der Waals surface area contributed by atoms with Crippen molar-refractivity contribution in [3.8, 4) is 11.3 Å². The van der Waals surface area contributed by atoms with E-state index in [0.717, 1.165) is 55.8 Å². The Bertz CT molecular complexity index is 804. The highest BCUT2D eigenvalue weighted by Crippen LogP contribution is 2.25. The lowest BCUT2D eigenvalue weighted by Gasteiger charge is -2.32. The number of carbonyl (C=O) groups is 1. The molecule has 2 fully saturated rings. The minimum absolute atomic E-state index is 0.133. The molecule has 0 atom stereocenters. The van der Waals surface area contributed by atoms with E-state index in [1.165, 1.54) is 31.2 Å². The van der Waals surface area contributed by atoms with Crippen molar-refractivity contribution in [3.05, 3.63) is 42.0 Å².